The Morgan fingerprint density at radius 2 is 1.85 bits per heavy atom. The number of rotatable bonds is 8. The van der Waals surface area contributed by atoms with Crippen molar-refractivity contribution in [3.8, 4) is 5.75 Å². The summed E-state index contributed by atoms with van der Waals surface area (Å²) in [6.45, 7) is 1.80. The average molecular weight is 494 g/mol. The van der Waals surface area contributed by atoms with Crippen LogP contribution in [0.4, 0.5) is 5.69 Å². The maximum Gasteiger partial charge on any atom is 0.311 e. The monoisotopic (exact) mass is 493 g/mol. The van der Waals surface area contributed by atoms with Crippen molar-refractivity contribution in [2.45, 2.75) is 13.3 Å². The van der Waals surface area contributed by atoms with E-state index in [1.54, 1.807) is 24.3 Å². The van der Waals surface area contributed by atoms with E-state index in [-0.39, 0.29) is 23.6 Å². The number of carbonyl (C=O) groups excluding carboxylic acids is 4. The van der Waals surface area contributed by atoms with Crippen LogP contribution in [0.3, 0.4) is 0 Å². The molecular weight excluding hydrogens is 473 g/mol. The highest BCUT2D eigenvalue weighted by Crippen LogP contribution is 2.22. The van der Waals surface area contributed by atoms with Crippen molar-refractivity contribution in [2.75, 3.05) is 25.1 Å². The van der Waals surface area contributed by atoms with Crippen LogP contribution in [0.5, 0.6) is 5.75 Å². The number of hydrogen-bond donors (Lipinski definition) is 2. The molecule has 1 heterocycles. The maximum absolute atomic E-state index is 12.4. The zero-order chi connectivity index (χ0) is 24.0. The van der Waals surface area contributed by atoms with Crippen molar-refractivity contribution in [2.24, 2.45) is 5.92 Å². The molecule has 0 radical (unpaired) electrons. The van der Waals surface area contributed by atoms with Crippen LogP contribution in [0.2, 0.25) is 10.0 Å². The van der Waals surface area contributed by atoms with Crippen molar-refractivity contribution in [3.05, 3.63) is 58.1 Å². The first-order chi connectivity index (χ1) is 15.8. The van der Waals surface area contributed by atoms with Gasteiger partial charge in [0.2, 0.25) is 5.91 Å². The highest BCUT2D eigenvalue weighted by molar-refractivity contribution is 6.36. The Morgan fingerprint density at radius 1 is 1.12 bits per heavy atom. The van der Waals surface area contributed by atoms with Crippen LogP contribution in [0.15, 0.2) is 42.5 Å². The smallest absolute Gasteiger partial charge is 0.311 e. The molecule has 1 fully saturated rings. The number of halogens is 2. The zero-order valence-corrected chi connectivity index (χ0v) is 19.1. The van der Waals surface area contributed by atoms with E-state index < -0.39 is 36.2 Å². The summed E-state index contributed by atoms with van der Waals surface area (Å²) in [4.78, 5) is 49.0. The first kappa shape index (κ1) is 24.3. The number of esters is 1. The molecule has 0 unspecified atom stereocenters. The fourth-order valence-electron chi connectivity index (χ4n) is 3.08. The van der Waals surface area contributed by atoms with E-state index in [1.165, 1.54) is 18.2 Å². The van der Waals surface area contributed by atoms with E-state index in [2.05, 4.69) is 10.7 Å². The molecule has 1 saturated heterocycles. The van der Waals surface area contributed by atoms with E-state index >= 15 is 0 Å². The number of nitrogens with zero attached hydrogens (tertiary/aromatic N) is 1. The Morgan fingerprint density at radius 3 is 2.52 bits per heavy atom. The van der Waals surface area contributed by atoms with Gasteiger partial charge < -0.3 is 14.8 Å². The molecular formula is C22H21Cl2N3O6. The topological polar surface area (TPSA) is 114 Å². The Labute approximate surface area is 199 Å². The third-order valence-electron chi connectivity index (χ3n) is 4.67. The molecule has 174 valence electrons. The second-order valence-electron chi connectivity index (χ2n) is 7.08. The van der Waals surface area contributed by atoms with Crippen LogP contribution in [-0.2, 0) is 19.1 Å². The summed E-state index contributed by atoms with van der Waals surface area (Å²) >= 11 is 11.8. The fourth-order valence-corrected chi connectivity index (χ4v) is 3.58. The van der Waals surface area contributed by atoms with Gasteiger partial charge in [-0.3, -0.25) is 29.6 Å². The maximum atomic E-state index is 12.4. The Kier molecular flexibility index (Phi) is 8.13. The van der Waals surface area contributed by atoms with Crippen LogP contribution in [0.1, 0.15) is 23.7 Å². The van der Waals surface area contributed by atoms with E-state index in [0.717, 1.165) is 5.01 Å². The van der Waals surface area contributed by atoms with Crippen molar-refractivity contribution in [1.82, 2.24) is 10.4 Å². The molecule has 0 aromatic heterocycles. The summed E-state index contributed by atoms with van der Waals surface area (Å²) < 4.78 is 10.4. The second kappa shape index (κ2) is 11.0. The van der Waals surface area contributed by atoms with E-state index in [0.29, 0.717) is 23.1 Å². The molecule has 3 rings (SSSR count). The molecule has 33 heavy (non-hydrogen) atoms. The van der Waals surface area contributed by atoms with Crippen LogP contribution < -0.4 is 15.5 Å². The molecule has 0 saturated carbocycles. The molecule has 1 atom stereocenters. The summed E-state index contributed by atoms with van der Waals surface area (Å²) in [6.07, 6.45) is -0.159. The van der Waals surface area contributed by atoms with Crippen molar-refractivity contribution < 1.29 is 28.7 Å². The lowest BCUT2D eigenvalue weighted by molar-refractivity contribution is -0.151. The van der Waals surface area contributed by atoms with Crippen LogP contribution in [0, 0.1) is 5.92 Å². The third-order valence-corrected chi connectivity index (χ3v) is 5.21. The molecule has 9 nitrogen and oxygen atoms in total. The van der Waals surface area contributed by atoms with Gasteiger partial charge in [-0.2, -0.15) is 0 Å². The predicted molar refractivity (Wildman–Crippen MR) is 121 cm³/mol. The van der Waals surface area contributed by atoms with Gasteiger partial charge in [-0.25, -0.2) is 0 Å². The molecule has 11 heteroatoms. The summed E-state index contributed by atoms with van der Waals surface area (Å²) in [7, 11) is 0. The molecule has 3 amide bonds. The highest BCUT2D eigenvalue weighted by Gasteiger charge is 2.37. The predicted octanol–water partition coefficient (Wildman–Crippen LogP) is 3.07. The number of nitrogens with one attached hydrogen (secondary N) is 2. The summed E-state index contributed by atoms with van der Waals surface area (Å²) in [6, 6.07) is 11.1. The lowest BCUT2D eigenvalue weighted by Crippen LogP contribution is -2.43. The standard InChI is InChI=1S/C22H21Cl2N3O6/c1-2-32-16-6-4-15(5-7-16)25-19(28)12-33-22(31)13-9-20(29)27(11-13)26-21(30)17-8-3-14(23)10-18(17)24/h3-8,10,13H,2,9,11-12H2,1H3,(H,25,28)(H,26,30)/t13-/m0/s1. The zero-order valence-electron chi connectivity index (χ0n) is 17.6. The van der Waals surface area contributed by atoms with Gasteiger partial charge in [0, 0.05) is 17.1 Å². The number of ether oxygens (including phenoxy) is 2. The van der Waals surface area contributed by atoms with Gasteiger partial charge in [-0.1, -0.05) is 23.2 Å². The molecule has 1 aliphatic rings. The lowest BCUT2D eigenvalue weighted by Gasteiger charge is -2.18. The first-order valence-electron chi connectivity index (χ1n) is 10.0. The van der Waals surface area contributed by atoms with Gasteiger partial charge in [-0.05, 0) is 49.4 Å². The van der Waals surface area contributed by atoms with Gasteiger partial charge >= 0.3 is 5.97 Å². The van der Waals surface area contributed by atoms with E-state index in [4.69, 9.17) is 32.7 Å². The number of benzene rings is 2. The first-order valence-corrected chi connectivity index (χ1v) is 10.8. The summed E-state index contributed by atoms with van der Waals surface area (Å²) in [5, 5.41) is 4.12. The number of amides is 3. The average Bonchev–Trinajstić information content (AvgIpc) is 3.13. The Bertz CT molecular complexity index is 1060. The Balaban J connectivity index is 1.47. The number of carbonyl (C=O) groups is 4. The largest absolute Gasteiger partial charge is 0.494 e. The van der Waals surface area contributed by atoms with Crippen molar-refractivity contribution in [1.29, 1.82) is 0 Å². The molecule has 2 aromatic rings. The van der Waals surface area contributed by atoms with Crippen molar-refractivity contribution >= 4 is 52.6 Å². The van der Waals surface area contributed by atoms with Crippen molar-refractivity contribution in [3.63, 3.8) is 0 Å². The van der Waals surface area contributed by atoms with Crippen LogP contribution >= 0.6 is 23.2 Å². The molecule has 0 aliphatic carbocycles. The Hall–Kier alpha value is -3.30. The van der Waals surface area contributed by atoms with Gasteiger partial charge in [-0.15, -0.1) is 0 Å². The second-order valence-corrected chi connectivity index (χ2v) is 7.93. The number of hydrazine groups is 1. The molecule has 2 N–H and O–H groups in total. The number of anilines is 1. The molecule has 1 aliphatic heterocycles. The summed E-state index contributed by atoms with van der Waals surface area (Å²) in [5.41, 5.74) is 3.07. The third kappa shape index (κ3) is 6.59. The minimum absolute atomic E-state index is 0.0882. The van der Waals surface area contributed by atoms with Gasteiger partial charge in [0.25, 0.3) is 11.8 Å². The van der Waals surface area contributed by atoms with Crippen LogP contribution in [0.25, 0.3) is 0 Å². The van der Waals surface area contributed by atoms with Gasteiger partial charge in [0.1, 0.15) is 5.75 Å². The van der Waals surface area contributed by atoms with Crippen LogP contribution in [-0.4, -0.2) is 48.5 Å². The minimum atomic E-state index is -0.822. The highest BCUT2D eigenvalue weighted by atomic mass is 35.5. The minimum Gasteiger partial charge on any atom is -0.494 e. The van der Waals surface area contributed by atoms with Gasteiger partial charge in [0.15, 0.2) is 6.61 Å². The SMILES string of the molecule is CCOc1ccc(NC(=O)COC(=O)[C@H]2CC(=O)N(NC(=O)c3ccc(Cl)cc3Cl)C2)cc1. The van der Waals surface area contributed by atoms with E-state index in [1.807, 2.05) is 6.92 Å². The molecule has 0 spiro atoms. The molecule has 2 aromatic carbocycles. The number of hydrogen-bond acceptors (Lipinski definition) is 6. The van der Waals surface area contributed by atoms with E-state index in [9.17, 15) is 19.2 Å². The molecule has 0 bridgehead atoms. The normalized spacial score (nSPS) is 15.2. The fraction of sp³-hybridized carbons (Fsp3) is 0.273. The van der Waals surface area contributed by atoms with Gasteiger partial charge in [0.05, 0.1) is 29.7 Å². The quantitative estimate of drug-likeness (QED) is 0.546. The summed E-state index contributed by atoms with van der Waals surface area (Å²) in [5.74, 6) is -2.48. The lowest BCUT2D eigenvalue weighted by atomic mass is 10.1.